The van der Waals surface area contributed by atoms with E-state index in [0.717, 1.165) is 6.42 Å². The lowest BCUT2D eigenvalue weighted by Crippen LogP contribution is -2.31. The maximum Gasteiger partial charge on any atom is 0.0713 e. The molecule has 0 spiro atoms. The summed E-state index contributed by atoms with van der Waals surface area (Å²) < 4.78 is 0. The van der Waals surface area contributed by atoms with E-state index in [4.69, 9.17) is 0 Å². The second kappa shape index (κ2) is 11.0. The molecule has 0 amide bonds. The molecule has 0 aliphatic heterocycles. The van der Waals surface area contributed by atoms with Crippen LogP contribution >= 0.6 is 0 Å². The van der Waals surface area contributed by atoms with Crippen LogP contribution in [0, 0.1) is 0 Å². The maximum absolute atomic E-state index is 2.48. The quantitative estimate of drug-likeness (QED) is 0.195. The molecule has 6 aromatic carbocycles. The zero-order valence-electron chi connectivity index (χ0n) is 24.6. The summed E-state index contributed by atoms with van der Waals surface area (Å²) in [4.78, 5) is 2.48. The highest BCUT2D eigenvalue weighted by Gasteiger charge is 2.45. The minimum absolute atomic E-state index is 0.215. The molecular formula is C43H33N. The molecule has 0 saturated carbocycles. The van der Waals surface area contributed by atoms with E-state index in [1.165, 1.54) is 55.9 Å². The van der Waals surface area contributed by atoms with Crippen molar-refractivity contribution < 1.29 is 0 Å². The van der Waals surface area contributed by atoms with Crippen molar-refractivity contribution in [3.8, 4) is 11.1 Å². The number of fused-ring (bicyclic) bond motifs is 3. The van der Waals surface area contributed by atoms with Crippen LogP contribution < -0.4 is 4.90 Å². The number of para-hydroxylation sites is 1. The summed E-state index contributed by atoms with van der Waals surface area (Å²) in [6.45, 7) is 0. The summed E-state index contributed by atoms with van der Waals surface area (Å²) >= 11 is 0. The summed E-state index contributed by atoms with van der Waals surface area (Å²) in [5.74, 6) is 0. The van der Waals surface area contributed by atoms with E-state index in [1.807, 2.05) is 0 Å². The molecule has 2 aliphatic rings. The van der Waals surface area contributed by atoms with Gasteiger partial charge in [-0.2, -0.15) is 0 Å². The zero-order valence-corrected chi connectivity index (χ0v) is 24.6. The molecule has 2 aliphatic carbocycles. The smallest absolute Gasteiger partial charge is 0.0713 e. The fourth-order valence-electron chi connectivity index (χ4n) is 7.35. The standard InChI is InChI=1S/C43H33N/c1-4-14-32(15-5-1)33-24-28-37(29-25-33)44(36-18-8-3-9-19-36)38-30-26-35(27-31-38)43(34-16-6-2-7-17-34)41-22-12-10-20-39(41)40-21-11-13-23-42(40)43/h1-28,30-31,37H,29H2. The molecule has 0 heterocycles. The van der Waals surface area contributed by atoms with Gasteiger partial charge in [0.1, 0.15) is 0 Å². The van der Waals surface area contributed by atoms with Gasteiger partial charge < -0.3 is 4.90 Å². The molecule has 44 heavy (non-hydrogen) atoms. The van der Waals surface area contributed by atoms with Crippen LogP contribution in [0.25, 0.3) is 16.7 Å². The van der Waals surface area contributed by atoms with E-state index in [2.05, 4.69) is 187 Å². The van der Waals surface area contributed by atoms with Gasteiger partial charge in [0.05, 0.1) is 11.5 Å². The molecule has 0 bridgehead atoms. The van der Waals surface area contributed by atoms with Crippen LogP contribution in [0.15, 0.2) is 182 Å². The fraction of sp³-hybridized carbons (Fsp3) is 0.0698. The fourth-order valence-corrected chi connectivity index (χ4v) is 7.35. The molecule has 210 valence electrons. The van der Waals surface area contributed by atoms with Crippen molar-refractivity contribution in [2.45, 2.75) is 17.9 Å². The maximum atomic E-state index is 2.48. The van der Waals surface area contributed by atoms with Gasteiger partial charge in [-0.05, 0) is 75.2 Å². The first-order valence-corrected chi connectivity index (χ1v) is 15.5. The number of hydrogen-bond donors (Lipinski definition) is 0. The minimum Gasteiger partial charge on any atom is -0.334 e. The summed E-state index contributed by atoms with van der Waals surface area (Å²) in [5, 5.41) is 0. The Kier molecular flexibility index (Phi) is 6.57. The molecule has 6 aromatic rings. The van der Waals surface area contributed by atoms with Crippen LogP contribution in [0.5, 0.6) is 0 Å². The van der Waals surface area contributed by atoms with Gasteiger partial charge in [0.15, 0.2) is 0 Å². The van der Waals surface area contributed by atoms with E-state index in [0.29, 0.717) is 0 Å². The molecule has 0 fully saturated rings. The van der Waals surface area contributed by atoms with Gasteiger partial charge in [-0.25, -0.2) is 0 Å². The molecule has 1 unspecified atom stereocenters. The predicted octanol–water partition coefficient (Wildman–Crippen LogP) is 10.6. The highest BCUT2D eigenvalue weighted by Crippen LogP contribution is 2.56. The van der Waals surface area contributed by atoms with Crippen molar-refractivity contribution >= 4 is 16.9 Å². The van der Waals surface area contributed by atoms with Gasteiger partial charge >= 0.3 is 0 Å². The van der Waals surface area contributed by atoms with Gasteiger partial charge in [-0.15, -0.1) is 0 Å². The summed E-state index contributed by atoms with van der Waals surface area (Å²) in [7, 11) is 0. The van der Waals surface area contributed by atoms with Crippen LogP contribution in [-0.4, -0.2) is 6.04 Å². The minimum atomic E-state index is -0.386. The largest absolute Gasteiger partial charge is 0.334 e. The number of hydrogen-bond acceptors (Lipinski definition) is 1. The third-order valence-corrected chi connectivity index (χ3v) is 9.29. The summed E-state index contributed by atoms with van der Waals surface area (Å²) in [6, 6.07) is 59.9. The second-order valence-corrected chi connectivity index (χ2v) is 11.6. The number of nitrogens with zero attached hydrogens (tertiary/aromatic N) is 1. The lowest BCUT2D eigenvalue weighted by atomic mass is 9.67. The van der Waals surface area contributed by atoms with Gasteiger partial charge in [0.25, 0.3) is 0 Å². The Bertz CT molecular complexity index is 1920. The molecular weight excluding hydrogens is 530 g/mol. The average molecular weight is 564 g/mol. The van der Waals surface area contributed by atoms with Crippen molar-refractivity contribution in [2.24, 2.45) is 0 Å². The van der Waals surface area contributed by atoms with Gasteiger partial charge in [0.2, 0.25) is 0 Å². The number of benzene rings is 6. The molecule has 1 atom stereocenters. The topological polar surface area (TPSA) is 3.24 Å². The molecule has 1 nitrogen and oxygen atoms in total. The number of anilines is 2. The first kappa shape index (κ1) is 26.2. The zero-order chi connectivity index (χ0) is 29.3. The van der Waals surface area contributed by atoms with E-state index < -0.39 is 0 Å². The predicted molar refractivity (Wildman–Crippen MR) is 184 cm³/mol. The molecule has 0 aromatic heterocycles. The van der Waals surface area contributed by atoms with Gasteiger partial charge in [-0.3, -0.25) is 0 Å². The van der Waals surface area contributed by atoms with Gasteiger partial charge in [-0.1, -0.05) is 158 Å². The van der Waals surface area contributed by atoms with Crippen molar-refractivity contribution in [3.63, 3.8) is 0 Å². The van der Waals surface area contributed by atoms with Crippen LogP contribution in [0.3, 0.4) is 0 Å². The summed E-state index contributed by atoms with van der Waals surface area (Å²) in [5.41, 5.74) is 12.4. The SMILES string of the molecule is C1=CC(N(c2ccccc2)c2ccc(C3(c4ccccc4)c4ccccc4-c4ccccc43)cc2)CC=C1c1ccccc1. The normalized spacial score (nSPS) is 16.1. The summed E-state index contributed by atoms with van der Waals surface area (Å²) in [6.07, 6.45) is 7.95. The number of rotatable bonds is 6. The van der Waals surface area contributed by atoms with Crippen molar-refractivity contribution in [1.29, 1.82) is 0 Å². The molecule has 0 saturated heterocycles. The Balaban J connectivity index is 1.24. The van der Waals surface area contributed by atoms with Crippen LogP contribution in [0.4, 0.5) is 11.4 Å². The Labute approximate surface area is 260 Å². The van der Waals surface area contributed by atoms with Crippen molar-refractivity contribution in [2.75, 3.05) is 4.90 Å². The van der Waals surface area contributed by atoms with Crippen molar-refractivity contribution in [3.05, 3.63) is 210 Å². The van der Waals surface area contributed by atoms with E-state index in [1.54, 1.807) is 0 Å². The highest BCUT2D eigenvalue weighted by molar-refractivity contribution is 5.86. The van der Waals surface area contributed by atoms with Crippen LogP contribution in [0.2, 0.25) is 0 Å². The molecule has 8 rings (SSSR count). The monoisotopic (exact) mass is 563 g/mol. The third kappa shape index (κ3) is 4.24. The highest BCUT2D eigenvalue weighted by atomic mass is 15.2. The average Bonchev–Trinajstić information content (AvgIpc) is 3.41. The second-order valence-electron chi connectivity index (χ2n) is 11.6. The lowest BCUT2D eigenvalue weighted by Gasteiger charge is -2.36. The third-order valence-electron chi connectivity index (χ3n) is 9.29. The van der Waals surface area contributed by atoms with Crippen LogP contribution in [0.1, 0.15) is 34.2 Å². The molecule has 0 N–H and O–H groups in total. The Morgan fingerprint density at radius 1 is 0.477 bits per heavy atom. The Morgan fingerprint density at radius 2 is 0.977 bits per heavy atom. The first-order valence-electron chi connectivity index (χ1n) is 15.5. The number of allylic oxidation sites excluding steroid dienone is 2. The Morgan fingerprint density at radius 3 is 1.57 bits per heavy atom. The van der Waals surface area contributed by atoms with Crippen molar-refractivity contribution in [1.82, 2.24) is 0 Å². The lowest BCUT2D eigenvalue weighted by molar-refractivity contribution is 0.764. The molecule has 0 radical (unpaired) electrons. The van der Waals surface area contributed by atoms with Gasteiger partial charge in [0, 0.05) is 11.4 Å². The van der Waals surface area contributed by atoms with E-state index >= 15 is 0 Å². The van der Waals surface area contributed by atoms with E-state index in [9.17, 15) is 0 Å². The Hall–Kier alpha value is -5.40. The first-order chi connectivity index (χ1) is 21.8. The molecule has 1 heteroatoms. The van der Waals surface area contributed by atoms with Crippen LogP contribution in [-0.2, 0) is 5.41 Å². The van der Waals surface area contributed by atoms with E-state index in [-0.39, 0.29) is 11.5 Å².